The van der Waals surface area contributed by atoms with Crippen LogP contribution < -0.4 is 10.1 Å². The Morgan fingerprint density at radius 3 is 2.58 bits per heavy atom. The number of hydrogen-bond donors (Lipinski definition) is 1. The van der Waals surface area contributed by atoms with Crippen LogP contribution in [0.2, 0.25) is 0 Å². The maximum atomic E-state index is 12.9. The van der Waals surface area contributed by atoms with Gasteiger partial charge in [-0.25, -0.2) is 0 Å². The molecule has 0 bridgehead atoms. The first-order valence-electron chi connectivity index (χ1n) is 9.51. The van der Waals surface area contributed by atoms with Crippen molar-refractivity contribution < 1.29 is 14.3 Å². The van der Waals surface area contributed by atoms with E-state index in [9.17, 15) is 4.79 Å². The number of rotatable bonds is 10. The number of anilines is 1. The van der Waals surface area contributed by atoms with Crippen molar-refractivity contribution in [3.05, 3.63) is 30.5 Å². The summed E-state index contributed by atoms with van der Waals surface area (Å²) < 4.78 is 11.7. The van der Waals surface area contributed by atoms with Gasteiger partial charge in [0, 0.05) is 18.2 Å². The molecule has 0 saturated heterocycles. The van der Waals surface area contributed by atoms with Gasteiger partial charge in [0.2, 0.25) is 0 Å². The predicted octanol–water partition coefficient (Wildman–Crippen LogP) is 4.95. The zero-order chi connectivity index (χ0) is 19.0. The lowest BCUT2D eigenvalue weighted by Crippen LogP contribution is -2.43. The second-order valence-electron chi connectivity index (χ2n) is 6.64. The first kappa shape index (κ1) is 20.2. The standard InChI is InChI=1S/C21H30N2O3/c1-5-12-21(4,26-15-7-3)20(24)23-17-10-11-18(25-14-6-2)19-16(17)9-8-13-22-19/h8-11,13H,5-7,12,14-15H2,1-4H3,(H,23,24)/t21-/m1/s1. The molecule has 0 spiro atoms. The third kappa shape index (κ3) is 4.73. The molecule has 0 saturated carbocycles. The summed E-state index contributed by atoms with van der Waals surface area (Å²) in [5.41, 5.74) is 0.645. The predicted molar refractivity (Wildman–Crippen MR) is 106 cm³/mol. The fourth-order valence-corrected chi connectivity index (χ4v) is 2.89. The minimum Gasteiger partial charge on any atom is -0.491 e. The van der Waals surface area contributed by atoms with Crippen LogP contribution >= 0.6 is 0 Å². The molecule has 0 aliphatic rings. The number of amides is 1. The van der Waals surface area contributed by atoms with E-state index in [0.717, 1.165) is 41.6 Å². The fourth-order valence-electron chi connectivity index (χ4n) is 2.89. The van der Waals surface area contributed by atoms with Gasteiger partial charge in [-0.3, -0.25) is 9.78 Å². The molecule has 1 amide bonds. The van der Waals surface area contributed by atoms with Crippen molar-refractivity contribution in [1.82, 2.24) is 4.98 Å². The number of nitrogens with one attached hydrogen (secondary N) is 1. The van der Waals surface area contributed by atoms with Crippen molar-refractivity contribution in [3.8, 4) is 5.75 Å². The van der Waals surface area contributed by atoms with Crippen molar-refractivity contribution >= 4 is 22.5 Å². The molecule has 0 aliphatic carbocycles. The van der Waals surface area contributed by atoms with Gasteiger partial charge >= 0.3 is 0 Å². The Morgan fingerprint density at radius 1 is 1.12 bits per heavy atom. The van der Waals surface area contributed by atoms with Crippen LogP contribution in [0.4, 0.5) is 5.69 Å². The molecule has 2 aromatic rings. The van der Waals surface area contributed by atoms with Gasteiger partial charge in [-0.1, -0.05) is 27.2 Å². The third-order valence-corrected chi connectivity index (χ3v) is 4.27. The van der Waals surface area contributed by atoms with Crippen LogP contribution in [-0.2, 0) is 9.53 Å². The number of aromatic nitrogens is 1. The normalized spacial score (nSPS) is 13.4. The van der Waals surface area contributed by atoms with E-state index in [1.54, 1.807) is 6.20 Å². The number of ether oxygens (including phenoxy) is 2. The molecular weight excluding hydrogens is 328 g/mol. The van der Waals surface area contributed by atoms with E-state index in [0.29, 0.717) is 19.6 Å². The Morgan fingerprint density at radius 2 is 1.88 bits per heavy atom. The Kier molecular flexibility index (Phi) is 7.39. The first-order valence-corrected chi connectivity index (χ1v) is 9.51. The van der Waals surface area contributed by atoms with Gasteiger partial charge in [-0.15, -0.1) is 0 Å². The number of hydrogen-bond acceptors (Lipinski definition) is 4. The summed E-state index contributed by atoms with van der Waals surface area (Å²) in [6, 6.07) is 7.55. The second kappa shape index (κ2) is 9.53. The van der Waals surface area contributed by atoms with E-state index >= 15 is 0 Å². The molecule has 5 nitrogen and oxygen atoms in total. The molecule has 2 rings (SSSR count). The summed E-state index contributed by atoms with van der Waals surface area (Å²) in [6.07, 6.45) is 5.09. The van der Waals surface area contributed by atoms with Gasteiger partial charge < -0.3 is 14.8 Å². The number of benzene rings is 1. The smallest absolute Gasteiger partial charge is 0.256 e. The Hall–Kier alpha value is -2.14. The lowest BCUT2D eigenvalue weighted by Gasteiger charge is -2.28. The molecule has 5 heteroatoms. The SMILES string of the molecule is CCCOc1ccc(NC(=O)[C@@](C)(CCC)OCCC)c2cccnc12. The molecule has 1 heterocycles. The van der Waals surface area contributed by atoms with Crippen molar-refractivity contribution in [2.45, 2.75) is 59.0 Å². The van der Waals surface area contributed by atoms with Crippen LogP contribution in [0.5, 0.6) is 5.75 Å². The number of nitrogens with zero attached hydrogens (tertiary/aromatic N) is 1. The van der Waals surface area contributed by atoms with Crippen molar-refractivity contribution in [2.24, 2.45) is 0 Å². The van der Waals surface area contributed by atoms with Crippen LogP contribution in [0.15, 0.2) is 30.5 Å². The fraction of sp³-hybridized carbons (Fsp3) is 0.524. The first-order chi connectivity index (χ1) is 12.6. The van der Waals surface area contributed by atoms with Gasteiger partial charge in [-0.2, -0.15) is 0 Å². The average molecular weight is 358 g/mol. The van der Waals surface area contributed by atoms with Crippen molar-refractivity contribution in [3.63, 3.8) is 0 Å². The quantitative estimate of drug-likeness (QED) is 0.653. The van der Waals surface area contributed by atoms with E-state index in [2.05, 4.69) is 24.1 Å². The van der Waals surface area contributed by atoms with Crippen LogP contribution in [0.25, 0.3) is 10.9 Å². The van der Waals surface area contributed by atoms with E-state index < -0.39 is 5.60 Å². The van der Waals surface area contributed by atoms with E-state index in [-0.39, 0.29) is 5.91 Å². The second-order valence-corrected chi connectivity index (χ2v) is 6.64. The summed E-state index contributed by atoms with van der Waals surface area (Å²) in [5, 5.41) is 3.91. The molecule has 1 N–H and O–H groups in total. The van der Waals surface area contributed by atoms with Gasteiger partial charge in [0.15, 0.2) is 0 Å². The van der Waals surface area contributed by atoms with Gasteiger partial charge in [0.25, 0.3) is 5.91 Å². The summed E-state index contributed by atoms with van der Waals surface area (Å²) in [6.45, 7) is 9.22. The highest BCUT2D eigenvalue weighted by molar-refractivity contribution is 6.05. The summed E-state index contributed by atoms with van der Waals surface area (Å²) in [4.78, 5) is 17.4. The highest BCUT2D eigenvalue weighted by Gasteiger charge is 2.33. The van der Waals surface area contributed by atoms with Gasteiger partial charge in [0.1, 0.15) is 16.9 Å². The minimum absolute atomic E-state index is 0.125. The van der Waals surface area contributed by atoms with Crippen molar-refractivity contribution in [1.29, 1.82) is 0 Å². The monoisotopic (exact) mass is 358 g/mol. The van der Waals surface area contributed by atoms with Crippen LogP contribution in [0.3, 0.4) is 0 Å². The number of carbonyl (C=O) groups excluding carboxylic acids is 1. The highest BCUT2D eigenvalue weighted by atomic mass is 16.5. The third-order valence-electron chi connectivity index (χ3n) is 4.27. The molecule has 1 aromatic heterocycles. The topological polar surface area (TPSA) is 60.5 Å². The number of fused-ring (bicyclic) bond motifs is 1. The minimum atomic E-state index is -0.837. The maximum absolute atomic E-state index is 12.9. The largest absolute Gasteiger partial charge is 0.491 e. The van der Waals surface area contributed by atoms with Crippen LogP contribution in [0, 0.1) is 0 Å². The lowest BCUT2D eigenvalue weighted by molar-refractivity contribution is -0.140. The van der Waals surface area contributed by atoms with E-state index in [4.69, 9.17) is 9.47 Å². The number of pyridine rings is 1. The van der Waals surface area contributed by atoms with Crippen LogP contribution in [0.1, 0.15) is 53.4 Å². The molecule has 1 aromatic carbocycles. The molecule has 1 atom stereocenters. The molecule has 0 fully saturated rings. The molecular formula is C21H30N2O3. The Bertz CT molecular complexity index is 732. The van der Waals surface area contributed by atoms with Gasteiger partial charge in [-0.05, 0) is 50.5 Å². The highest BCUT2D eigenvalue weighted by Crippen LogP contribution is 2.31. The number of carbonyl (C=O) groups is 1. The molecule has 0 aliphatic heterocycles. The van der Waals surface area contributed by atoms with E-state index in [1.165, 1.54) is 0 Å². The maximum Gasteiger partial charge on any atom is 0.256 e. The average Bonchev–Trinajstić information content (AvgIpc) is 2.66. The molecule has 142 valence electrons. The summed E-state index contributed by atoms with van der Waals surface area (Å²) in [7, 11) is 0. The molecule has 0 radical (unpaired) electrons. The Labute approximate surface area is 156 Å². The molecule has 26 heavy (non-hydrogen) atoms. The summed E-state index contributed by atoms with van der Waals surface area (Å²) >= 11 is 0. The van der Waals surface area contributed by atoms with E-state index in [1.807, 2.05) is 38.1 Å². The summed E-state index contributed by atoms with van der Waals surface area (Å²) in [5.74, 6) is 0.610. The zero-order valence-electron chi connectivity index (χ0n) is 16.3. The zero-order valence-corrected chi connectivity index (χ0v) is 16.3. The Balaban J connectivity index is 2.31. The molecule has 0 unspecified atom stereocenters. The lowest BCUT2D eigenvalue weighted by atomic mass is 9.98. The van der Waals surface area contributed by atoms with Crippen molar-refractivity contribution in [2.75, 3.05) is 18.5 Å². The van der Waals surface area contributed by atoms with Crippen LogP contribution in [-0.4, -0.2) is 29.7 Å². The van der Waals surface area contributed by atoms with Gasteiger partial charge in [0.05, 0.1) is 12.3 Å².